The SMILES string of the molecule is O=S(=O)(c1ccc2c(c1)CCNCC2)n1c2ccccc2c2ccccc21. The molecule has 5 rings (SSSR count). The predicted octanol–water partition coefficient (Wildman–Crippen LogP) is 3.72. The molecule has 0 aliphatic carbocycles. The number of nitrogens with one attached hydrogen (secondary N) is 1. The van der Waals surface area contributed by atoms with E-state index in [9.17, 15) is 8.42 Å². The quantitative estimate of drug-likeness (QED) is 0.580. The lowest BCUT2D eigenvalue weighted by molar-refractivity contribution is 0.590. The van der Waals surface area contributed by atoms with E-state index in [-0.39, 0.29) is 0 Å². The lowest BCUT2D eigenvalue weighted by Gasteiger charge is -2.12. The van der Waals surface area contributed by atoms with Crippen LogP contribution in [-0.4, -0.2) is 25.5 Å². The van der Waals surface area contributed by atoms with Crippen molar-refractivity contribution in [2.45, 2.75) is 17.7 Å². The maximum atomic E-state index is 13.6. The summed E-state index contributed by atoms with van der Waals surface area (Å²) in [5, 5.41) is 5.28. The van der Waals surface area contributed by atoms with Crippen LogP contribution in [0.4, 0.5) is 0 Å². The standard InChI is InChI=1S/C22H20N2O2S/c25-27(26,18-10-9-16-11-13-23-14-12-17(16)15-18)24-21-7-3-1-5-19(21)20-6-2-4-8-22(20)24/h1-10,15,23H,11-14H2. The van der Waals surface area contributed by atoms with Gasteiger partial charge in [-0.05, 0) is 61.3 Å². The van der Waals surface area contributed by atoms with E-state index < -0.39 is 10.0 Å². The van der Waals surface area contributed by atoms with Crippen molar-refractivity contribution in [1.82, 2.24) is 9.29 Å². The van der Waals surface area contributed by atoms with Gasteiger partial charge in [0.25, 0.3) is 10.0 Å². The third-order valence-electron chi connectivity index (χ3n) is 5.39. The fraction of sp³-hybridized carbons (Fsp3) is 0.182. The topological polar surface area (TPSA) is 51.1 Å². The number of fused-ring (bicyclic) bond motifs is 4. The molecule has 1 aliphatic rings. The normalized spacial score (nSPS) is 15.0. The monoisotopic (exact) mass is 376 g/mol. The van der Waals surface area contributed by atoms with E-state index >= 15 is 0 Å². The van der Waals surface area contributed by atoms with Crippen molar-refractivity contribution in [3.05, 3.63) is 77.9 Å². The van der Waals surface area contributed by atoms with Gasteiger partial charge in [-0.2, -0.15) is 0 Å². The molecule has 1 N–H and O–H groups in total. The van der Waals surface area contributed by atoms with Crippen molar-refractivity contribution in [3.63, 3.8) is 0 Å². The van der Waals surface area contributed by atoms with Crippen molar-refractivity contribution in [2.75, 3.05) is 13.1 Å². The average molecular weight is 376 g/mol. The summed E-state index contributed by atoms with van der Waals surface area (Å²) in [6, 6.07) is 21.0. The molecule has 0 amide bonds. The molecule has 0 radical (unpaired) electrons. The van der Waals surface area contributed by atoms with Crippen LogP contribution in [0, 0.1) is 0 Å². The molecule has 0 fully saturated rings. The Labute approximate surface area is 158 Å². The van der Waals surface area contributed by atoms with Gasteiger partial charge in [0.1, 0.15) is 0 Å². The molecule has 1 aliphatic heterocycles. The third kappa shape index (κ3) is 2.58. The van der Waals surface area contributed by atoms with Crippen molar-refractivity contribution < 1.29 is 8.42 Å². The lowest BCUT2D eigenvalue weighted by atomic mass is 10.0. The third-order valence-corrected chi connectivity index (χ3v) is 7.12. The number of nitrogens with zero attached hydrogens (tertiary/aromatic N) is 1. The van der Waals surface area contributed by atoms with E-state index in [1.807, 2.05) is 60.7 Å². The van der Waals surface area contributed by atoms with Crippen LogP contribution in [0.25, 0.3) is 21.8 Å². The Kier molecular flexibility index (Phi) is 3.81. The minimum atomic E-state index is -3.70. The minimum Gasteiger partial charge on any atom is -0.316 e. The summed E-state index contributed by atoms with van der Waals surface area (Å²) < 4.78 is 28.8. The van der Waals surface area contributed by atoms with Crippen LogP contribution < -0.4 is 5.32 Å². The van der Waals surface area contributed by atoms with Crippen molar-refractivity contribution in [3.8, 4) is 0 Å². The van der Waals surface area contributed by atoms with Crippen LogP contribution in [0.5, 0.6) is 0 Å². The van der Waals surface area contributed by atoms with Crippen LogP contribution in [-0.2, 0) is 22.9 Å². The molecule has 0 saturated heterocycles. The van der Waals surface area contributed by atoms with Gasteiger partial charge in [0.15, 0.2) is 0 Å². The Morgan fingerprint density at radius 1 is 0.741 bits per heavy atom. The van der Waals surface area contributed by atoms with Crippen LogP contribution >= 0.6 is 0 Å². The molecule has 27 heavy (non-hydrogen) atoms. The Bertz CT molecular complexity index is 1220. The van der Waals surface area contributed by atoms with E-state index in [2.05, 4.69) is 5.32 Å². The van der Waals surface area contributed by atoms with Gasteiger partial charge in [-0.3, -0.25) is 0 Å². The number of hydrogen-bond donors (Lipinski definition) is 1. The van der Waals surface area contributed by atoms with Crippen LogP contribution in [0.2, 0.25) is 0 Å². The molecule has 0 spiro atoms. The Hall–Kier alpha value is -2.63. The smallest absolute Gasteiger partial charge is 0.268 e. The number of hydrogen-bond acceptors (Lipinski definition) is 3. The highest BCUT2D eigenvalue weighted by atomic mass is 32.2. The van der Waals surface area contributed by atoms with Gasteiger partial charge in [-0.1, -0.05) is 42.5 Å². The van der Waals surface area contributed by atoms with Gasteiger partial charge in [0.2, 0.25) is 0 Å². The molecule has 5 heteroatoms. The Morgan fingerprint density at radius 2 is 1.33 bits per heavy atom. The molecule has 4 aromatic rings. The number of rotatable bonds is 2. The summed E-state index contributed by atoms with van der Waals surface area (Å²) >= 11 is 0. The number of para-hydroxylation sites is 2. The molecule has 1 aromatic heterocycles. The van der Waals surface area contributed by atoms with Crippen LogP contribution in [0.1, 0.15) is 11.1 Å². The zero-order valence-electron chi connectivity index (χ0n) is 14.9. The molecule has 2 heterocycles. The molecule has 3 aromatic carbocycles. The first kappa shape index (κ1) is 16.5. The molecule has 4 nitrogen and oxygen atoms in total. The van der Waals surface area contributed by atoms with Gasteiger partial charge < -0.3 is 5.32 Å². The van der Waals surface area contributed by atoms with E-state index in [4.69, 9.17) is 0 Å². The first-order valence-corrected chi connectivity index (χ1v) is 10.7. The minimum absolute atomic E-state index is 0.356. The number of aromatic nitrogens is 1. The second kappa shape index (κ2) is 6.22. The second-order valence-corrected chi connectivity index (χ2v) is 8.77. The van der Waals surface area contributed by atoms with Crippen LogP contribution in [0.3, 0.4) is 0 Å². The molecule has 0 atom stereocenters. The highest BCUT2D eigenvalue weighted by molar-refractivity contribution is 7.90. The summed E-state index contributed by atoms with van der Waals surface area (Å²) in [6.07, 6.45) is 1.79. The first-order valence-electron chi connectivity index (χ1n) is 9.22. The van der Waals surface area contributed by atoms with E-state index in [0.717, 1.165) is 53.3 Å². The van der Waals surface area contributed by atoms with Crippen molar-refractivity contribution in [1.29, 1.82) is 0 Å². The van der Waals surface area contributed by atoms with Crippen molar-refractivity contribution in [2.24, 2.45) is 0 Å². The van der Waals surface area contributed by atoms with E-state index in [0.29, 0.717) is 4.90 Å². The zero-order chi connectivity index (χ0) is 18.4. The lowest BCUT2D eigenvalue weighted by Crippen LogP contribution is -2.16. The van der Waals surface area contributed by atoms with Crippen LogP contribution in [0.15, 0.2) is 71.6 Å². The molecular weight excluding hydrogens is 356 g/mol. The Balaban J connectivity index is 1.78. The highest BCUT2D eigenvalue weighted by Crippen LogP contribution is 2.32. The summed E-state index contributed by atoms with van der Waals surface area (Å²) in [5.41, 5.74) is 3.80. The van der Waals surface area contributed by atoms with E-state index in [1.54, 1.807) is 6.07 Å². The summed E-state index contributed by atoms with van der Waals surface area (Å²) in [4.78, 5) is 0.356. The fourth-order valence-electron chi connectivity index (χ4n) is 4.06. The first-order chi connectivity index (χ1) is 13.2. The second-order valence-electron chi connectivity index (χ2n) is 6.98. The van der Waals surface area contributed by atoms with Gasteiger partial charge in [0.05, 0.1) is 15.9 Å². The van der Waals surface area contributed by atoms with Gasteiger partial charge >= 0.3 is 0 Å². The van der Waals surface area contributed by atoms with Crippen molar-refractivity contribution >= 4 is 31.8 Å². The summed E-state index contributed by atoms with van der Waals surface area (Å²) in [7, 11) is -3.70. The van der Waals surface area contributed by atoms with Gasteiger partial charge in [-0.15, -0.1) is 0 Å². The highest BCUT2D eigenvalue weighted by Gasteiger charge is 2.24. The maximum absolute atomic E-state index is 13.6. The summed E-state index contributed by atoms with van der Waals surface area (Å²) in [6.45, 7) is 1.82. The average Bonchev–Trinajstić information content (AvgIpc) is 2.85. The molecular formula is C22H20N2O2S. The van der Waals surface area contributed by atoms with E-state index in [1.165, 1.54) is 9.54 Å². The zero-order valence-corrected chi connectivity index (χ0v) is 15.7. The molecule has 136 valence electrons. The van der Waals surface area contributed by atoms with Gasteiger partial charge in [-0.25, -0.2) is 12.4 Å². The molecule has 0 unspecified atom stereocenters. The Morgan fingerprint density at radius 3 is 2.00 bits per heavy atom. The molecule has 0 saturated carbocycles. The fourth-order valence-corrected chi connectivity index (χ4v) is 5.64. The largest absolute Gasteiger partial charge is 0.316 e. The van der Waals surface area contributed by atoms with Gasteiger partial charge in [0, 0.05) is 10.8 Å². The predicted molar refractivity (Wildman–Crippen MR) is 109 cm³/mol. The number of benzene rings is 3. The molecule has 0 bridgehead atoms. The maximum Gasteiger partial charge on any atom is 0.268 e. The summed E-state index contributed by atoms with van der Waals surface area (Å²) in [5.74, 6) is 0.